The van der Waals surface area contributed by atoms with Gasteiger partial charge in [-0.2, -0.15) is 26.3 Å². The lowest BCUT2D eigenvalue weighted by Gasteiger charge is -2.35. The highest BCUT2D eigenvalue weighted by Crippen LogP contribution is 2.40. The molecule has 2 aromatic rings. The number of aromatic nitrogens is 1. The highest BCUT2D eigenvalue weighted by atomic mass is 19.4. The van der Waals surface area contributed by atoms with Crippen LogP contribution in [-0.2, 0) is 21.9 Å². The molecule has 0 spiro atoms. The van der Waals surface area contributed by atoms with E-state index in [9.17, 15) is 35.9 Å². The number of carbonyl (C=O) groups is 2. The quantitative estimate of drug-likeness (QED) is 0.385. The minimum absolute atomic E-state index is 0.0318. The number of alkyl halides is 6. The zero-order valence-corrected chi connectivity index (χ0v) is 22.9. The van der Waals surface area contributed by atoms with Crippen LogP contribution in [0.4, 0.5) is 26.3 Å². The Morgan fingerprint density at radius 3 is 2.12 bits per heavy atom. The van der Waals surface area contributed by atoms with E-state index in [2.05, 4.69) is 15.6 Å². The maximum atomic E-state index is 14.0. The van der Waals surface area contributed by atoms with E-state index >= 15 is 0 Å². The summed E-state index contributed by atoms with van der Waals surface area (Å²) in [4.78, 5) is 32.7. The molecule has 2 heterocycles. The number of pyridine rings is 1. The first-order valence-corrected chi connectivity index (χ1v) is 13.8. The lowest BCUT2D eigenvalue weighted by atomic mass is 9.83. The maximum absolute atomic E-state index is 14.0. The molecule has 3 atom stereocenters. The third-order valence-corrected chi connectivity index (χ3v) is 8.09. The Morgan fingerprint density at radius 1 is 0.902 bits per heavy atom. The van der Waals surface area contributed by atoms with Gasteiger partial charge in [0.2, 0.25) is 11.8 Å². The van der Waals surface area contributed by atoms with Crippen molar-refractivity contribution in [3.63, 3.8) is 0 Å². The third-order valence-electron chi connectivity index (χ3n) is 8.09. The number of nitrogens with zero attached hydrogens (tertiary/aromatic N) is 2. The number of amides is 2. The molecule has 6 nitrogen and oxygen atoms in total. The number of carbonyl (C=O) groups excluding carboxylic acids is 2. The van der Waals surface area contributed by atoms with Gasteiger partial charge in [-0.15, -0.1) is 0 Å². The SMILES string of the molecule is CNC(C)C(=O)NC(C(=O)N1CCCC1c1cc(-c2cc(C(F)(F)F)cc(C(F)(F)F)c2)ccn1)C1CCCCC1. The predicted octanol–water partition coefficient (Wildman–Crippen LogP) is 6.12. The van der Waals surface area contributed by atoms with Crippen LogP contribution in [0.2, 0.25) is 0 Å². The summed E-state index contributed by atoms with van der Waals surface area (Å²) in [6.07, 6.45) is -2.87. The fourth-order valence-electron chi connectivity index (χ4n) is 5.71. The van der Waals surface area contributed by atoms with Gasteiger partial charge in [-0.1, -0.05) is 19.3 Å². The lowest BCUT2D eigenvalue weighted by Crippen LogP contribution is -2.55. The molecule has 1 aliphatic heterocycles. The van der Waals surface area contributed by atoms with E-state index in [0.29, 0.717) is 37.2 Å². The van der Waals surface area contributed by atoms with E-state index in [1.807, 2.05) is 0 Å². The Hall–Kier alpha value is -3.15. The van der Waals surface area contributed by atoms with Crippen molar-refractivity contribution in [1.29, 1.82) is 0 Å². The van der Waals surface area contributed by atoms with Crippen molar-refractivity contribution >= 4 is 11.8 Å². The van der Waals surface area contributed by atoms with Crippen molar-refractivity contribution in [2.24, 2.45) is 5.92 Å². The molecular formula is C29H34F6N4O2. The number of rotatable bonds is 7. The molecule has 1 aromatic heterocycles. The summed E-state index contributed by atoms with van der Waals surface area (Å²) >= 11 is 0. The number of likely N-dealkylation sites (tertiary alicyclic amines) is 1. The number of benzene rings is 1. The normalized spacial score (nSPS) is 20.1. The first-order valence-electron chi connectivity index (χ1n) is 13.8. The van der Waals surface area contributed by atoms with Crippen molar-refractivity contribution in [1.82, 2.24) is 20.5 Å². The maximum Gasteiger partial charge on any atom is 0.416 e. The summed E-state index contributed by atoms with van der Waals surface area (Å²) in [5.74, 6) is -0.574. The van der Waals surface area contributed by atoms with Crippen molar-refractivity contribution in [2.45, 2.75) is 82.3 Å². The average Bonchev–Trinajstić information content (AvgIpc) is 3.44. The van der Waals surface area contributed by atoms with Crippen LogP contribution in [0.5, 0.6) is 0 Å². The van der Waals surface area contributed by atoms with Crippen LogP contribution >= 0.6 is 0 Å². The van der Waals surface area contributed by atoms with Gasteiger partial charge in [0.25, 0.3) is 0 Å². The number of halogens is 6. The molecule has 1 saturated heterocycles. The van der Waals surface area contributed by atoms with Crippen LogP contribution < -0.4 is 10.6 Å². The second kappa shape index (κ2) is 12.4. The van der Waals surface area contributed by atoms with E-state index in [0.717, 1.165) is 32.1 Å². The summed E-state index contributed by atoms with van der Waals surface area (Å²) in [5.41, 5.74) is -2.55. The van der Waals surface area contributed by atoms with E-state index in [1.54, 1.807) is 18.9 Å². The molecule has 0 radical (unpaired) electrons. The molecule has 0 bridgehead atoms. The number of hydrogen-bond acceptors (Lipinski definition) is 4. The number of nitrogens with one attached hydrogen (secondary N) is 2. The zero-order chi connectivity index (χ0) is 29.9. The lowest BCUT2D eigenvalue weighted by molar-refractivity contribution is -0.143. The van der Waals surface area contributed by atoms with Gasteiger partial charge in [0.05, 0.1) is 28.9 Å². The summed E-state index contributed by atoms with van der Waals surface area (Å²) in [5, 5.41) is 5.81. The van der Waals surface area contributed by atoms with Gasteiger partial charge in [0.15, 0.2) is 0 Å². The Balaban J connectivity index is 1.66. The Bertz CT molecular complexity index is 1210. The Morgan fingerprint density at radius 2 is 1.54 bits per heavy atom. The molecule has 1 saturated carbocycles. The average molecular weight is 585 g/mol. The summed E-state index contributed by atoms with van der Waals surface area (Å²) < 4.78 is 80.7. The smallest absolute Gasteiger partial charge is 0.343 e. The molecule has 1 aromatic carbocycles. The minimum Gasteiger partial charge on any atom is -0.343 e. The second-order valence-corrected chi connectivity index (χ2v) is 10.8. The van der Waals surface area contributed by atoms with E-state index in [1.165, 1.54) is 18.3 Å². The minimum atomic E-state index is -4.97. The van der Waals surface area contributed by atoms with Crippen molar-refractivity contribution in [3.8, 4) is 11.1 Å². The second-order valence-electron chi connectivity index (χ2n) is 10.8. The van der Waals surface area contributed by atoms with Gasteiger partial charge in [-0.25, -0.2) is 0 Å². The molecule has 41 heavy (non-hydrogen) atoms. The third kappa shape index (κ3) is 7.20. The first-order chi connectivity index (χ1) is 19.3. The van der Waals surface area contributed by atoms with Crippen LogP contribution in [0.1, 0.15) is 74.7 Å². The van der Waals surface area contributed by atoms with E-state index < -0.39 is 41.6 Å². The monoisotopic (exact) mass is 584 g/mol. The molecule has 2 fully saturated rings. The molecule has 2 amide bonds. The molecule has 224 valence electrons. The number of likely N-dealkylation sites (N-methyl/N-ethyl adjacent to an activating group) is 1. The van der Waals surface area contributed by atoms with Crippen LogP contribution in [0.3, 0.4) is 0 Å². The molecule has 1 aliphatic carbocycles. The Labute approximate surface area is 234 Å². The van der Waals surface area contributed by atoms with Crippen LogP contribution in [-0.4, -0.2) is 47.4 Å². The standard InChI is InChI=1S/C29H34F6N4O2/c1-17(36-2)26(40)38-25(18-7-4-3-5-8-18)27(41)39-12-6-9-24(39)23-15-19(10-11-37-23)20-13-21(28(30,31)32)16-22(14-20)29(33,34)35/h10-11,13-18,24-25,36H,3-9,12H2,1-2H3,(H,38,40). The molecule has 2 N–H and O–H groups in total. The largest absolute Gasteiger partial charge is 0.416 e. The summed E-state index contributed by atoms with van der Waals surface area (Å²) in [6.45, 7) is 2.10. The number of hydrogen-bond donors (Lipinski definition) is 2. The molecule has 12 heteroatoms. The topological polar surface area (TPSA) is 74.3 Å². The van der Waals surface area contributed by atoms with Gasteiger partial charge in [0, 0.05) is 12.7 Å². The van der Waals surface area contributed by atoms with Gasteiger partial charge in [-0.05, 0) is 87.0 Å². The van der Waals surface area contributed by atoms with Gasteiger partial charge >= 0.3 is 12.4 Å². The van der Waals surface area contributed by atoms with E-state index in [4.69, 9.17) is 0 Å². The van der Waals surface area contributed by atoms with Crippen molar-refractivity contribution < 1.29 is 35.9 Å². The molecule has 4 rings (SSSR count). The van der Waals surface area contributed by atoms with Crippen LogP contribution in [0.25, 0.3) is 11.1 Å². The first kappa shape index (κ1) is 30.8. The van der Waals surface area contributed by atoms with Gasteiger partial charge < -0.3 is 15.5 Å². The molecular weight excluding hydrogens is 550 g/mol. The van der Waals surface area contributed by atoms with Crippen LogP contribution in [0.15, 0.2) is 36.5 Å². The van der Waals surface area contributed by atoms with Gasteiger partial charge in [0.1, 0.15) is 6.04 Å². The molecule has 3 unspecified atom stereocenters. The molecule has 2 aliphatic rings. The summed E-state index contributed by atoms with van der Waals surface area (Å²) in [7, 11) is 1.65. The predicted molar refractivity (Wildman–Crippen MR) is 140 cm³/mol. The fraction of sp³-hybridized carbons (Fsp3) is 0.552. The van der Waals surface area contributed by atoms with E-state index in [-0.39, 0.29) is 34.9 Å². The van der Waals surface area contributed by atoms with Crippen molar-refractivity contribution in [2.75, 3.05) is 13.6 Å². The highest BCUT2D eigenvalue weighted by Gasteiger charge is 2.40. The Kier molecular flexibility index (Phi) is 9.30. The zero-order valence-electron chi connectivity index (χ0n) is 22.9. The summed E-state index contributed by atoms with van der Waals surface area (Å²) in [6, 6.07) is 2.49. The van der Waals surface area contributed by atoms with Crippen molar-refractivity contribution in [3.05, 3.63) is 53.3 Å². The fourth-order valence-corrected chi connectivity index (χ4v) is 5.71. The highest BCUT2D eigenvalue weighted by molar-refractivity contribution is 5.90. The van der Waals surface area contributed by atoms with Crippen LogP contribution in [0, 0.1) is 5.92 Å². The van der Waals surface area contributed by atoms with Gasteiger partial charge in [-0.3, -0.25) is 14.6 Å².